The molecule has 0 radical (unpaired) electrons. The van der Waals surface area contributed by atoms with Crippen molar-refractivity contribution < 1.29 is 8.42 Å². The van der Waals surface area contributed by atoms with Crippen LogP contribution in [0.1, 0.15) is 26.7 Å². The van der Waals surface area contributed by atoms with E-state index in [2.05, 4.69) is 28.2 Å². The van der Waals surface area contributed by atoms with Crippen LogP contribution in [0.5, 0.6) is 0 Å². The first kappa shape index (κ1) is 15.5. The van der Waals surface area contributed by atoms with Crippen LogP contribution in [0, 0.1) is 0 Å². The van der Waals surface area contributed by atoms with Crippen LogP contribution in [0.4, 0.5) is 5.69 Å². The average molecular weight is 334 g/mol. The SMILES string of the molecule is CCC(Br)CCNc1ccccc1S(=O)(=O)CC. The molecule has 1 unspecified atom stereocenters. The van der Waals surface area contributed by atoms with Crippen LogP contribution in [-0.2, 0) is 9.84 Å². The first-order valence-corrected chi connectivity index (χ1v) is 8.77. The smallest absolute Gasteiger partial charge is 0.180 e. The maximum Gasteiger partial charge on any atom is 0.180 e. The third-order valence-electron chi connectivity index (χ3n) is 2.82. The zero-order chi connectivity index (χ0) is 13.6. The Labute approximate surface area is 118 Å². The molecule has 1 N–H and O–H groups in total. The maximum atomic E-state index is 11.9. The molecular weight excluding hydrogens is 314 g/mol. The number of hydrogen-bond donors (Lipinski definition) is 1. The van der Waals surface area contributed by atoms with Crippen molar-refractivity contribution in [1.82, 2.24) is 0 Å². The standard InChI is InChI=1S/C13H20BrNO2S/c1-3-11(14)9-10-15-12-7-5-6-8-13(12)18(16,17)4-2/h5-8,11,15H,3-4,9-10H2,1-2H3. The number of rotatable bonds is 7. The van der Waals surface area contributed by atoms with Gasteiger partial charge in [-0.3, -0.25) is 0 Å². The quantitative estimate of drug-likeness (QED) is 0.777. The van der Waals surface area contributed by atoms with Crippen molar-refractivity contribution in [2.45, 2.75) is 36.4 Å². The molecule has 3 nitrogen and oxygen atoms in total. The van der Waals surface area contributed by atoms with E-state index in [1.807, 2.05) is 12.1 Å². The minimum absolute atomic E-state index is 0.127. The maximum absolute atomic E-state index is 11.9. The number of para-hydroxylation sites is 1. The summed E-state index contributed by atoms with van der Waals surface area (Å²) in [5.41, 5.74) is 0.704. The van der Waals surface area contributed by atoms with Crippen LogP contribution < -0.4 is 5.32 Å². The van der Waals surface area contributed by atoms with Crippen molar-refractivity contribution in [2.75, 3.05) is 17.6 Å². The van der Waals surface area contributed by atoms with Crippen molar-refractivity contribution in [3.8, 4) is 0 Å². The van der Waals surface area contributed by atoms with Gasteiger partial charge in [-0.15, -0.1) is 0 Å². The molecule has 1 aromatic rings. The topological polar surface area (TPSA) is 46.2 Å². The van der Waals surface area contributed by atoms with E-state index in [4.69, 9.17) is 0 Å². The summed E-state index contributed by atoms with van der Waals surface area (Å²) >= 11 is 3.56. The highest BCUT2D eigenvalue weighted by atomic mass is 79.9. The highest BCUT2D eigenvalue weighted by molar-refractivity contribution is 9.09. The van der Waals surface area contributed by atoms with Gasteiger partial charge >= 0.3 is 0 Å². The Balaban J connectivity index is 2.78. The van der Waals surface area contributed by atoms with E-state index in [0.717, 1.165) is 19.4 Å². The van der Waals surface area contributed by atoms with Gasteiger partial charge in [-0.1, -0.05) is 41.9 Å². The van der Waals surface area contributed by atoms with Crippen LogP contribution in [0.15, 0.2) is 29.2 Å². The molecule has 0 aliphatic rings. The Morgan fingerprint density at radius 1 is 1.28 bits per heavy atom. The summed E-state index contributed by atoms with van der Waals surface area (Å²) in [6.07, 6.45) is 2.04. The van der Waals surface area contributed by atoms with Gasteiger partial charge in [0.05, 0.1) is 16.3 Å². The van der Waals surface area contributed by atoms with Gasteiger partial charge in [0.15, 0.2) is 9.84 Å². The largest absolute Gasteiger partial charge is 0.384 e. The summed E-state index contributed by atoms with van der Waals surface area (Å²) in [5, 5.41) is 3.21. The Bertz CT molecular complexity index is 474. The molecule has 0 aliphatic heterocycles. The van der Waals surface area contributed by atoms with E-state index in [1.165, 1.54) is 0 Å². The van der Waals surface area contributed by atoms with Gasteiger partial charge < -0.3 is 5.32 Å². The second-order valence-electron chi connectivity index (χ2n) is 4.12. The van der Waals surface area contributed by atoms with E-state index in [1.54, 1.807) is 19.1 Å². The molecule has 0 fully saturated rings. The third kappa shape index (κ3) is 4.28. The number of nitrogens with one attached hydrogen (secondary N) is 1. The van der Waals surface area contributed by atoms with Gasteiger partial charge in [-0.05, 0) is 25.0 Å². The predicted molar refractivity (Wildman–Crippen MR) is 80.3 cm³/mol. The van der Waals surface area contributed by atoms with Gasteiger partial charge in [0.2, 0.25) is 0 Å². The number of hydrogen-bond acceptors (Lipinski definition) is 3. The molecular formula is C13H20BrNO2S. The molecule has 0 saturated carbocycles. The van der Waals surface area contributed by atoms with Crippen molar-refractivity contribution in [1.29, 1.82) is 0 Å². The Kier molecular flexibility index (Phi) is 6.15. The second-order valence-corrected chi connectivity index (χ2v) is 7.66. The Hall–Kier alpha value is -0.550. The molecule has 1 rings (SSSR count). The minimum atomic E-state index is -3.16. The van der Waals surface area contributed by atoms with Crippen molar-refractivity contribution in [2.24, 2.45) is 0 Å². The molecule has 1 atom stereocenters. The fourth-order valence-electron chi connectivity index (χ4n) is 1.61. The summed E-state index contributed by atoms with van der Waals surface area (Å²) in [7, 11) is -3.16. The predicted octanol–water partition coefficient (Wildman–Crippen LogP) is 3.46. The Morgan fingerprint density at radius 3 is 2.56 bits per heavy atom. The van der Waals surface area contributed by atoms with Gasteiger partial charge in [-0.2, -0.15) is 0 Å². The minimum Gasteiger partial charge on any atom is -0.384 e. The molecule has 0 bridgehead atoms. The lowest BCUT2D eigenvalue weighted by Gasteiger charge is -2.13. The summed E-state index contributed by atoms with van der Waals surface area (Å²) < 4.78 is 23.9. The van der Waals surface area contributed by atoms with Crippen molar-refractivity contribution in [3.05, 3.63) is 24.3 Å². The molecule has 5 heteroatoms. The lowest BCUT2D eigenvalue weighted by atomic mass is 10.2. The molecule has 1 aromatic carbocycles. The van der Waals surface area contributed by atoms with E-state index in [0.29, 0.717) is 15.4 Å². The van der Waals surface area contributed by atoms with Crippen LogP contribution in [0.25, 0.3) is 0 Å². The van der Waals surface area contributed by atoms with Crippen LogP contribution >= 0.6 is 15.9 Å². The van der Waals surface area contributed by atoms with Gasteiger partial charge in [0.25, 0.3) is 0 Å². The number of halogens is 1. The second kappa shape index (κ2) is 7.14. The van der Waals surface area contributed by atoms with Gasteiger partial charge in [0.1, 0.15) is 0 Å². The molecule has 0 aromatic heterocycles. The number of benzene rings is 1. The van der Waals surface area contributed by atoms with E-state index < -0.39 is 9.84 Å². The fraction of sp³-hybridized carbons (Fsp3) is 0.538. The Morgan fingerprint density at radius 2 is 1.94 bits per heavy atom. The average Bonchev–Trinajstić information content (AvgIpc) is 2.39. The van der Waals surface area contributed by atoms with Crippen LogP contribution in [0.3, 0.4) is 0 Å². The monoisotopic (exact) mass is 333 g/mol. The summed E-state index contributed by atoms with van der Waals surface area (Å²) in [6, 6.07) is 7.08. The number of sulfone groups is 1. The third-order valence-corrected chi connectivity index (χ3v) is 5.71. The molecule has 0 amide bonds. The molecule has 0 heterocycles. The van der Waals surface area contributed by atoms with Crippen molar-refractivity contribution in [3.63, 3.8) is 0 Å². The van der Waals surface area contributed by atoms with Gasteiger partial charge in [-0.25, -0.2) is 8.42 Å². The van der Waals surface area contributed by atoms with Crippen molar-refractivity contribution >= 4 is 31.5 Å². The van der Waals surface area contributed by atoms with Gasteiger partial charge in [0, 0.05) is 11.4 Å². The fourth-order valence-corrected chi connectivity index (χ4v) is 2.91. The summed E-state index contributed by atoms with van der Waals surface area (Å²) in [4.78, 5) is 0.870. The molecule has 102 valence electrons. The van der Waals surface area contributed by atoms with E-state index in [9.17, 15) is 8.42 Å². The molecule has 18 heavy (non-hydrogen) atoms. The zero-order valence-corrected chi connectivity index (χ0v) is 13.2. The summed E-state index contributed by atoms with van der Waals surface area (Å²) in [6.45, 7) is 4.55. The first-order chi connectivity index (χ1) is 8.51. The van der Waals surface area contributed by atoms with E-state index >= 15 is 0 Å². The molecule has 0 spiro atoms. The molecule has 0 saturated heterocycles. The van der Waals surface area contributed by atoms with E-state index in [-0.39, 0.29) is 5.75 Å². The zero-order valence-electron chi connectivity index (χ0n) is 10.8. The summed E-state index contributed by atoms with van der Waals surface area (Å²) in [5.74, 6) is 0.127. The number of alkyl halides is 1. The highest BCUT2D eigenvalue weighted by Crippen LogP contribution is 2.22. The first-order valence-electron chi connectivity index (χ1n) is 6.21. The van der Waals surface area contributed by atoms with Crippen LogP contribution in [-0.4, -0.2) is 25.5 Å². The lowest BCUT2D eigenvalue weighted by molar-refractivity contribution is 0.597. The molecule has 0 aliphatic carbocycles. The lowest BCUT2D eigenvalue weighted by Crippen LogP contribution is -2.12. The highest BCUT2D eigenvalue weighted by Gasteiger charge is 2.15. The normalized spacial score (nSPS) is 13.3. The number of anilines is 1. The van der Waals surface area contributed by atoms with Crippen LogP contribution in [0.2, 0.25) is 0 Å².